The molecule has 2 aliphatic rings. The van der Waals surface area contributed by atoms with Gasteiger partial charge < -0.3 is 18.9 Å². The van der Waals surface area contributed by atoms with Crippen molar-refractivity contribution < 1.29 is 28.5 Å². The van der Waals surface area contributed by atoms with Crippen LogP contribution in [0.25, 0.3) is 0 Å². The molecule has 0 aliphatic carbocycles. The summed E-state index contributed by atoms with van der Waals surface area (Å²) in [5.74, 6) is 0.772. The molecule has 0 aromatic heterocycles. The highest BCUT2D eigenvalue weighted by molar-refractivity contribution is 6.03. The summed E-state index contributed by atoms with van der Waals surface area (Å²) < 4.78 is 22.2. The van der Waals surface area contributed by atoms with E-state index in [0.717, 1.165) is 34.6 Å². The maximum absolute atomic E-state index is 13.2. The summed E-state index contributed by atoms with van der Waals surface area (Å²) >= 11 is 0. The van der Waals surface area contributed by atoms with Crippen molar-refractivity contribution in [2.24, 2.45) is 5.10 Å². The Morgan fingerprint density at radius 1 is 1.00 bits per heavy atom. The van der Waals surface area contributed by atoms with E-state index >= 15 is 0 Å². The number of rotatable bonds is 8. The lowest BCUT2D eigenvalue weighted by Crippen LogP contribution is -2.32. The Morgan fingerprint density at radius 3 is 2.50 bits per heavy atom. The Morgan fingerprint density at radius 2 is 1.76 bits per heavy atom. The fourth-order valence-electron chi connectivity index (χ4n) is 4.72. The Labute approximate surface area is 221 Å². The van der Waals surface area contributed by atoms with Gasteiger partial charge >= 0.3 is 5.97 Å². The van der Waals surface area contributed by atoms with Crippen LogP contribution in [0.3, 0.4) is 0 Å². The Bertz CT molecular complexity index is 1350. The standard InChI is InChI=1S/C30H30N2O6/c1-30(2)17-22-10-7-11-26(29(22)38-30)36-19-28(34)37-18-27(33)32-25(21-12-14-23(35-3)15-13-21)16-24(31-32)20-8-5-4-6-9-20/h4-15,25H,16-19H2,1-3H3/t25-/m0/s1. The van der Waals surface area contributed by atoms with Gasteiger partial charge in [0.15, 0.2) is 24.7 Å². The van der Waals surface area contributed by atoms with Crippen molar-refractivity contribution in [1.29, 1.82) is 0 Å². The van der Waals surface area contributed by atoms with E-state index in [-0.39, 0.29) is 18.2 Å². The van der Waals surface area contributed by atoms with Crippen LogP contribution in [0.4, 0.5) is 0 Å². The van der Waals surface area contributed by atoms with E-state index in [1.54, 1.807) is 13.2 Å². The van der Waals surface area contributed by atoms with Crippen LogP contribution >= 0.6 is 0 Å². The second kappa shape index (κ2) is 10.6. The van der Waals surface area contributed by atoms with Crippen LogP contribution in [0.15, 0.2) is 77.9 Å². The number of carbonyl (C=O) groups is 2. The van der Waals surface area contributed by atoms with Gasteiger partial charge in [-0.2, -0.15) is 5.10 Å². The quantitative estimate of drug-likeness (QED) is 0.405. The lowest BCUT2D eigenvalue weighted by Gasteiger charge is -2.22. The van der Waals surface area contributed by atoms with Gasteiger partial charge in [0.25, 0.3) is 5.91 Å². The highest BCUT2D eigenvalue weighted by atomic mass is 16.6. The lowest BCUT2D eigenvalue weighted by atomic mass is 9.98. The zero-order valence-electron chi connectivity index (χ0n) is 21.7. The average Bonchev–Trinajstić information content (AvgIpc) is 3.51. The number of hydrogen-bond acceptors (Lipinski definition) is 7. The number of esters is 1. The van der Waals surface area contributed by atoms with E-state index in [9.17, 15) is 9.59 Å². The van der Waals surface area contributed by atoms with Gasteiger partial charge in [0.05, 0.1) is 18.9 Å². The maximum Gasteiger partial charge on any atom is 0.344 e. The molecule has 38 heavy (non-hydrogen) atoms. The number of nitrogens with zero attached hydrogens (tertiary/aromatic N) is 2. The number of benzene rings is 3. The molecule has 0 unspecified atom stereocenters. The summed E-state index contributed by atoms with van der Waals surface area (Å²) in [6, 6.07) is 22.5. The van der Waals surface area contributed by atoms with Crippen molar-refractivity contribution in [2.45, 2.75) is 38.3 Å². The van der Waals surface area contributed by atoms with Crippen LogP contribution in [0.5, 0.6) is 17.2 Å². The summed E-state index contributed by atoms with van der Waals surface area (Å²) in [6.45, 7) is 3.21. The largest absolute Gasteiger partial charge is 0.497 e. The molecule has 5 rings (SSSR count). The number of carbonyl (C=O) groups excluding carboxylic acids is 2. The number of fused-ring (bicyclic) bond motifs is 1. The van der Waals surface area contributed by atoms with Crippen LogP contribution < -0.4 is 14.2 Å². The van der Waals surface area contributed by atoms with Crippen LogP contribution in [0.1, 0.15) is 43.0 Å². The van der Waals surface area contributed by atoms with Gasteiger partial charge in [-0.3, -0.25) is 4.79 Å². The molecule has 0 fully saturated rings. The van der Waals surface area contributed by atoms with Crippen LogP contribution in [-0.4, -0.2) is 48.5 Å². The minimum absolute atomic E-state index is 0.328. The molecule has 0 N–H and O–H groups in total. The average molecular weight is 515 g/mol. The fraction of sp³-hybridized carbons (Fsp3) is 0.300. The third-order valence-corrected chi connectivity index (χ3v) is 6.53. The van der Waals surface area contributed by atoms with Gasteiger partial charge in [0.1, 0.15) is 11.4 Å². The topological polar surface area (TPSA) is 86.7 Å². The number of ether oxygens (including phenoxy) is 4. The van der Waals surface area contributed by atoms with Gasteiger partial charge in [0.2, 0.25) is 0 Å². The van der Waals surface area contributed by atoms with E-state index in [1.807, 2.05) is 80.6 Å². The molecule has 8 nitrogen and oxygen atoms in total. The predicted molar refractivity (Wildman–Crippen MR) is 141 cm³/mol. The maximum atomic E-state index is 13.2. The first-order valence-corrected chi connectivity index (χ1v) is 12.5. The SMILES string of the molecule is COc1ccc([C@@H]2CC(c3ccccc3)=NN2C(=O)COC(=O)COc2cccc3c2OC(C)(C)C3)cc1. The molecule has 2 aliphatic heterocycles. The van der Waals surface area contributed by atoms with Crippen molar-refractivity contribution in [3.8, 4) is 17.2 Å². The van der Waals surface area contributed by atoms with Gasteiger partial charge in [-0.1, -0.05) is 54.6 Å². The van der Waals surface area contributed by atoms with E-state index in [2.05, 4.69) is 5.10 Å². The van der Waals surface area contributed by atoms with E-state index in [0.29, 0.717) is 17.9 Å². The lowest BCUT2D eigenvalue weighted by molar-refractivity contribution is -0.154. The Balaban J connectivity index is 1.24. The molecule has 2 heterocycles. The van der Waals surface area contributed by atoms with Crippen molar-refractivity contribution in [3.05, 3.63) is 89.5 Å². The Hall–Kier alpha value is -4.33. The summed E-state index contributed by atoms with van der Waals surface area (Å²) in [7, 11) is 1.61. The molecule has 0 radical (unpaired) electrons. The summed E-state index contributed by atoms with van der Waals surface area (Å²) in [4.78, 5) is 25.7. The minimum Gasteiger partial charge on any atom is -0.497 e. The van der Waals surface area contributed by atoms with Crippen LogP contribution in [0.2, 0.25) is 0 Å². The smallest absolute Gasteiger partial charge is 0.344 e. The molecule has 0 saturated carbocycles. The molecule has 1 amide bonds. The molecule has 0 spiro atoms. The first kappa shape index (κ1) is 25.3. The Kier molecular flexibility index (Phi) is 7.05. The molecular formula is C30H30N2O6. The summed E-state index contributed by atoms with van der Waals surface area (Å²) in [5.41, 5.74) is 3.33. The van der Waals surface area contributed by atoms with Crippen molar-refractivity contribution in [3.63, 3.8) is 0 Å². The summed E-state index contributed by atoms with van der Waals surface area (Å²) in [5, 5.41) is 6.01. The van der Waals surface area contributed by atoms with E-state index in [4.69, 9.17) is 18.9 Å². The van der Waals surface area contributed by atoms with Crippen molar-refractivity contribution >= 4 is 17.6 Å². The number of hydrazone groups is 1. The van der Waals surface area contributed by atoms with Crippen LogP contribution in [0, 0.1) is 0 Å². The molecule has 196 valence electrons. The highest BCUT2D eigenvalue weighted by Gasteiger charge is 2.34. The monoisotopic (exact) mass is 514 g/mol. The zero-order valence-corrected chi connectivity index (χ0v) is 21.7. The number of methoxy groups -OCH3 is 1. The van der Waals surface area contributed by atoms with E-state index in [1.165, 1.54) is 5.01 Å². The van der Waals surface area contributed by atoms with Gasteiger partial charge in [-0.25, -0.2) is 9.80 Å². The van der Waals surface area contributed by atoms with Crippen molar-refractivity contribution in [2.75, 3.05) is 20.3 Å². The second-order valence-corrected chi connectivity index (χ2v) is 9.88. The highest BCUT2D eigenvalue weighted by Crippen LogP contribution is 2.41. The number of hydrogen-bond donors (Lipinski definition) is 0. The number of para-hydroxylation sites is 1. The molecule has 0 saturated heterocycles. The second-order valence-electron chi connectivity index (χ2n) is 9.88. The van der Waals surface area contributed by atoms with Crippen LogP contribution in [-0.2, 0) is 20.7 Å². The van der Waals surface area contributed by atoms with Gasteiger partial charge in [-0.15, -0.1) is 0 Å². The van der Waals surface area contributed by atoms with Gasteiger partial charge in [-0.05, 0) is 43.2 Å². The van der Waals surface area contributed by atoms with E-state index < -0.39 is 18.5 Å². The van der Waals surface area contributed by atoms with Crippen molar-refractivity contribution in [1.82, 2.24) is 5.01 Å². The molecular weight excluding hydrogens is 484 g/mol. The first-order chi connectivity index (χ1) is 18.3. The summed E-state index contributed by atoms with van der Waals surface area (Å²) in [6.07, 6.45) is 1.30. The first-order valence-electron chi connectivity index (χ1n) is 12.5. The molecule has 3 aromatic carbocycles. The van der Waals surface area contributed by atoms with Gasteiger partial charge in [0, 0.05) is 18.4 Å². The molecule has 1 atom stereocenters. The predicted octanol–water partition coefficient (Wildman–Crippen LogP) is 4.71. The normalized spacial score (nSPS) is 17.3. The molecule has 8 heteroatoms. The fourth-order valence-corrected chi connectivity index (χ4v) is 4.72. The minimum atomic E-state index is -0.652. The molecule has 3 aromatic rings. The zero-order chi connectivity index (χ0) is 26.7. The molecule has 0 bridgehead atoms. The third kappa shape index (κ3) is 5.49. The third-order valence-electron chi connectivity index (χ3n) is 6.53. The number of amides is 1.